The van der Waals surface area contributed by atoms with Crippen molar-refractivity contribution in [3.8, 4) is 17.2 Å². The standard InChI is InChI=1S/C19H17BrF2N2O3/c1-3-4-15(25)18-16(26-2)8-12(9-17(18)27-19(21)22)24-10-23-13-7-11(20)5-6-14(13)24/h5-10,19H,3-4H2,1-2H3. The van der Waals surface area contributed by atoms with Crippen molar-refractivity contribution in [2.45, 2.75) is 26.4 Å². The summed E-state index contributed by atoms with van der Waals surface area (Å²) in [6, 6.07) is 8.57. The van der Waals surface area contributed by atoms with Crippen LogP contribution in [-0.2, 0) is 0 Å². The normalized spacial score (nSPS) is 11.2. The predicted octanol–water partition coefficient (Wildman–Crippen LogP) is 5.38. The highest BCUT2D eigenvalue weighted by atomic mass is 79.9. The zero-order chi connectivity index (χ0) is 19.6. The molecule has 0 amide bonds. The van der Waals surface area contributed by atoms with Crippen molar-refractivity contribution in [1.82, 2.24) is 9.55 Å². The molecule has 0 aliphatic rings. The van der Waals surface area contributed by atoms with Crippen molar-refractivity contribution in [2.75, 3.05) is 7.11 Å². The van der Waals surface area contributed by atoms with Crippen LogP contribution in [0.4, 0.5) is 8.78 Å². The van der Waals surface area contributed by atoms with E-state index in [0.29, 0.717) is 12.1 Å². The summed E-state index contributed by atoms with van der Waals surface area (Å²) in [5, 5.41) is 0. The molecular formula is C19H17BrF2N2O3. The Kier molecular flexibility index (Phi) is 5.74. The van der Waals surface area contributed by atoms with Crippen LogP contribution in [0.1, 0.15) is 30.1 Å². The van der Waals surface area contributed by atoms with Crippen molar-refractivity contribution >= 4 is 32.7 Å². The first-order chi connectivity index (χ1) is 12.9. The molecular weight excluding hydrogens is 422 g/mol. The van der Waals surface area contributed by atoms with Gasteiger partial charge in [-0.3, -0.25) is 9.36 Å². The lowest BCUT2D eigenvalue weighted by Crippen LogP contribution is -2.11. The lowest BCUT2D eigenvalue weighted by molar-refractivity contribution is -0.0502. The second kappa shape index (κ2) is 8.04. The summed E-state index contributed by atoms with van der Waals surface area (Å²) in [7, 11) is 1.39. The molecule has 5 nitrogen and oxygen atoms in total. The third-order valence-corrected chi connectivity index (χ3v) is 4.52. The van der Waals surface area contributed by atoms with Crippen LogP contribution in [0.5, 0.6) is 11.5 Å². The van der Waals surface area contributed by atoms with Crippen LogP contribution >= 0.6 is 15.9 Å². The number of rotatable bonds is 7. The summed E-state index contributed by atoms with van der Waals surface area (Å²) in [6.07, 6.45) is 2.36. The minimum absolute atomic E-state index is 0.0237. The molecule has 0 spiro atoms. The van der Waals surface area contributed by atoms with Crippen LogP contribution in [0, 0.1) is 0 Å². The summed E-state index contributed by atoms with van der Waals surface area (Å²) in [4.78, 5) is 16.8. The fourth-order valence-corrected chi connectivity index (χ4v) is 3.23. The minimum Gasteiger partial charge on any atom is -0.496 e. The zero-order valence-electron chi connectivity index (χ0n) is 14.7. The first-order valence-corrected chi connectivity index (χ1v) is 9.07. The zero-order valence-corrected chi connectivity index (χ0v) is 16.3. The molecule has 0 aliphatic heterocycles. The topological polar surface area (TPSA) is 53.4 Å². The Labute approximate surface area is 163 Å². The van der Waals surface area contributed by atoms with Crippen molar-refractivity contribution in [3.05, 3.63) is 46.7 Å². The molecule has 0 unspecified atom stereocenters. The second-order valence-corrected chi connectivity index (χ2v) is 6.74. The molecule has 0 radical (unpaired) electrons. The number of imidazole rings is 1. The number of carbonyl (C=O) groups is 1. The van der Waals surface area contributed by atoms with E-state index >= 15 is 0 Å². The number of carbonyl (C=O) groups excluding carboxylic acids is 1. The molecule has 3 aromatic rings. The Morgan fingerprint density at radius 1 is 1.26 bits per heavy atom. The summed E-state index contributed by atoms with van der Waals surface area (Å²) >= 11 is 3.39. The van der Waals surface area contributed by atoms with Crippen molar-refractivity contribution in [2.24, 2.45) is 0 Å². The van der Waals surface area contributed by atoms with Crippen LogP contribution < -0.4 is 9.47 Å². The molecule has 27 heavy (non-hydrogen) atoms. The maximum absolute atomic E-state index is 13.0. The first kappa shape index (κ1) is 19.3. The predicted molar refractivity (Wildman–Crippen MR) is 101 cm³/mol. The van der Waals surface area contributed by atoms with E-state index in [2.05, 4.69) is 25.7 Å². The fourth-order valence-electron chi connectivity index (χ4n) is 2.88. The molecule has 0 N–H and O–H groups in total. The van der Waals surface area contributed by atoms with E-state index < -0.39 is 6.61 Å². The number of fused-ring (bicyclic) bond motifs is 1. The molecule has 0 saturated heterocycles. The van der Waals surface area contributed by atoms with Gasteiger partial charge in [-0.05, 0) is 24.6 Å². The number of hydrogen-bond donors (Lipinski definition) is 0. The number of Topliss-reactive ketones (excluding diaryl/α,β-unsaturated/α-hetero) is 1. The molecule has 1 aromatic heterocycles. The molecule has 3 rings (SSSR count). The van der Waals surface area contributed by atoms with E-state index in [4.69, 9.17) is 4.74 Å². The van der Waals surface area contributed by atoms with Gasteiger partial charge in [0.25, 0.3) is 0 Å². The van der Waals surface area contributed by atoms with E-state index in [0.717, 1.165) is 15.5 Å². The highest BCUT2D eigenvalue weighted by Crippen LogP contribution is 2.35. The van der Waals surface area contributed by atoms with Gasteiger partial charge in [0.2, 0.25) is 0 Å². The Morgan fingerprint density at radius 2 is 2.00 bits per heavy atom. The Bertz CT molecular complexity index is 988. The number of aromatic nitrogens is 2. The van der Waals surface area contributed by atoms with Gasteiger partial charge in [0.15, 0.2) is 5.78 Å². The summed E-state index contributed by atoms with van der Waals surface area (Å²) in [5.74, 6) is -0.340. The van der Waals surface area contributed by atoms with E-state index in [1.54, 1.807) is 17.0 Å². The van der Waals surface area contributed by atoms with Gasteiger partial charge in [-0.1, -0.05) is 22.9 Å². The number of alkyl halides is 2. The number of ketones is 1. The SMILES string of the molecule is CCCC(=O)c1c(OC)cc(-n2cnc3cc(Br)ccc32)cc1OC(F)F. The average Bonchev–Trinajstić information content (AvgIpc) is 3.03. The van der Waals surface area contributed by atoms with Gasteiger partial charge < -0.3 is 9.47 Å². The number of benzene rings is 2. The lowest BCUT2D eigenvalue weighted by atomic mass is 10.0. The minimum atomic E-state index is -3.06. The van der Waals surface area contributed by atoms with Gasteiger partial charge in [0, 0.05) is 23.0 Å². The number of ether oxygens (including phenoxy) is 2. The van der Waals surface area contributed by atoms with E-state index in [1.807, 2.05) is 25.1 Å². The van der Waals surface area contributed by atoms with Gasteiger partial charge in [-0.25, -0.2) is 4.98 Å². The van der Waals surface area contributed by atoms with Crippen molar-refractivity contribution < 1.29 is 23.0 Å². The molecule has 142 valence electrons. The third kappa shape index (κ3) is 3.95. The van der Waals surface area contributed by atoms with E-state index in [-0.39, 0.29) is 29.3 Å². The maximum Gasteiger partial charge on any atom is 0.387 e. The van der Waals surface area contributed by atoms with Crippen LogP contribution in [0.2, 0.25) is 0 Å². The maximum atomic E-state index is 13.0. The van der Waals surface area contributed by atoms with Gasteiger partial charge >= 0.3 is 6.61 Å². The van der Waals surface area contributed by atoms with Gasteiger partial charge in [-0.15, -0.1) is 0 Å². The van der Waals surface area contributed by atoms with Crippen LogP contribution in [0.3, 0.4) is 0 Å². The second-order valence-electron chi connectivity index (χ2n) is 5.82. The number of halogens is 3. The monoisotopic (exact) mass is 438 g/mol. The Morgan fingerprint density at radius 3 is 2.67 bits per heavy atom. The molecule has 8 heteroatoms. The summed E-state index contributed by atoms with van der Waals surface area (Å²) < 4.78 is 38.5. The molecule has 0 fully saturated rings. The van der Waals surface area contributed by atoms with Gasteiger partial charge in [0.05, 0.1) is 23.8 Å². The average molecular weight is 439 g/mol. The molecule has 0 aliphatic carbocycles. The highest BCUT2D eigenvalue weighted by Gasteiger charge is 2.22. The molecule has 0 saturated carbocycles. The fraction of sp³-hybridized carbons (Fsp3) is 0.263. The third-order valence-electron chi connectivity index (χ3n) is 4.03. The van der Waals surface area contributed by atoms with Crippen LogP contribution in [0.25, 0.3) is 16.7 Å². The van der Waals surface area contributed by atoms with E-state index in [1.165, 1.54) is 13.2 Å². The van der Waals surface area contributed by atoms with Gasteiger partial charge in [0.1, 0.15) is 23.4 Å². The van der Waals surface area contributed by atoms with Crippen LogP contribution in [-0.4, -0.2) is 29.1 Å². The molecule has 1 heterocycles. The first-order valence-electron chi connectivity index (χ1n) is 8.27. The number of hydrogen-bond acceptors (Lipinski definition) is 4. The lowest BCUT2D eigenvalue weighted by Gasteiger charge is -2.16. The van der Waals surface area contributed by atoms with Crippen molar-refractivity contribution in [1.29, 1.82) is 0 Å². The summed E-state index contributed by atoms with van der Waals surface area (Å²) in [5.41, 5.74) is 2.03. The number of methoxy groups -OCH3 is 1. The Balaban J connectivity index is 2.20. The molecule has 0 bridgehead atoms. The molecule has 0 atom stereocenters. The van der Waals surface area contributed by atoms with E-state index in [9.17, 15) is 13.6 Å². The molecule has 2 aromatic carbocycles. The Hall–Kier alpha value is -2.48. The highest BCUT2D eigenvalue weighted by molar-refractivity contribution is 9.10. The van der Waals surface area contributed by atoms with Crippen LogP contribution in [0.15, 0.2) is 41.1 Å². The van der Waals surface area contributed by atoms with Crippen molar-refractivity contribution in [3.63, 3.8) is 0 Å². The smallest absolute Gasteiger partial charge is 0.387 e. The summed E-state index contributed by atoms with van der Waals surface area (Å²) in [6.45, 7) is -1.23. The number of nitrogens with zero attached hydrogens (tertiary/aromatic N) is 2. The largest absolute Gasteiger partial charge is 0.496 e. The van der Waals surface area contributed by atoms with Gasteiger partial charge in [-0.2, -0.15) is 8.78 Å². The quantitative estimate of drug-likeness (QED) is 0.464.